The molecule has 3 heterocycles. The molecule has 0 unspecified atom stereocenters. The van der Waals surface area contributed by atoms with E-state index in [0.29, 0.717) is 72.4 Å². The number of hydrogen-bond acceptors (Lipinski definition) is 6. The molecule has 2 aromatic carbocycles. The van der Waals surface area contributed by atoms with Crippen LogP contribution in [-0.4, -0.2) is 26.4 Å². The van der Waals surface area contributed by atoms with Gasteiger partial charge in [0.25, 0.3) is 0 Å². The molecule has 0 aromatic heterocycles. The van der Waals surface area contributed by atoms with Crippen molar-refractivity contribution in [2.24, 2.45) is 0 Å². The fourth-order valence-corrected chi connectivity index (χ4v) is 2.66. The number of hydrogen-bond donors (Lipinski definition) is 0. The molecule has 0 bridgehead atoms. The molecule has 22 heavy (non-hydrogen) atoms. The zero-order chi connectivity index (χ0) is 14.5. The van der Waals surface area contributed by atoms with Gasteiger partial charge in [0.15, 0.2) is 46.0 Å². The average Bonchev–Trinajstić information content (AvgIpc) is 2.56. The second-order valence-electron chi connectivity index (χ2n) is 5.09. The van der Waals surface area contributed by atoms with Crippen LogP contribution in [0.4, 0.5) is 0 Å². The zero-order valence-electron chi connectivity index (χ0n) is 11.6. The summed E-state index contributed by atoms with van der Waals surface area (Å²) in [4.78, 5) is 0. The third-order valence-electron chi connectivity index (χ3n) is 3.66. The predicted molar refractivity (Wildman–Crippen MR) is 75.0 cm³/mol. The zero-order valence-corrected chi connectivity index (χ0v) is 11.6. The highest BCUT2D eigenvalue weighted by molar-refractivity contribution is 5.64. The van der Waals surface area contributed by atoms with Crippen LogP contribution in [0.25, 0.3) is 0 Å². The maximum absolute atomic E-state index is 5.91. The Labute approximate surface area is 126 Å². The van der Waals surface area contributed by atoms with Gasteiger partial charge in [-0.2, -0.15) is 0 Å². The smallest absolute Gasteiger partial charge is 0.174 e. The van der Waals surface area contributed by atoms with Crippen LogP contribution in [0.2, 0.25) is 0 Å². The van der Waals surface area contributed by atoms with Crippen molar-refractivity contribution in [3.8, 4) is 46.0 Å². The molecule has 5 rings (SSSR count). The molecule has 6 nitrogen and oxygen atoms in total. The average molecular weight is 300 g/mol. The normalized spacial score (nSPS) is 16.7. The molecule has 3 aliphatic rings. The molecular weight excluding hydrogens is 288 g/mol. The highest BCUT2D eigenvalue weighted by Crippen LogP contribution is 2.52. The largest absolute Gasteiger partial charge is 0.486 e. The van der Waals surface area contributed by atoms with Crippen LogP contribution in [0.15, 0.2) is 24.3 Å². The molecule has 0 atom stereocenters. The predicted octanol–water partition coefficient (Wildman–Crippen LogP) is 3.13. The Morgan fingerprint density at radius 3 is 0.955 bits per heavy atom. The molecule has 0 radical (unpaired) electrons. The Balaban J connectivity index is 1.58. The first-order valence-corrected chi connectivity index (χ1v) is 7.10. The van der Waals surface area contributed by atoms with Crippen molar-refractivity contribution in [3.05, 3.63) is 24.3 Å². The van der Waals surface area contributed by atoms with Crippen LogP contribution in [0.5, 0.6) is 46.0 Å². The maximum Gasteiger partial charge on any atom is 0.174 e. The minimum absolute atomic E-state index is 0.530. The molecule has 0 amide bonds. The molecule has 0 aliphatic carbocycles. The summed E-state index contributed by atoms with van der Waals surface area (Å²) in [5.41, 5.74) is 0. The van der Waals surface area contributed by atoms with E-state index in [4.69, 9.17) is 28.4 Å². The van der Waals surface area contributed by atoms with E-state index in [2.05, 4.69) is 0 Å². The monoisotopic (exact) mass is 300 g/mol. The van der Waals surface area contributed by atoms with Crippen molar-refractivity contribution in [2.75, 3.05) is 26.4 Å². The van der Waals surface area contributed by atoms with Gasteiger partial charge in [0.05, 0.1) is 0 Å². The topological polar surface area (TPSA) is 55.4 Å². The van der Waals surface area contributed by atoms with Gasteiger partial charge >= 0.3 is 0 Å². The number of ether oxygens (including phenoxy) is 6. The van der Waals surface area contributed by atoms with Crippen molar-refractivity contribution in [1.82, 2.24) is 0 Å². The van der Waals surface area contributed by atoms with Crippen molar-refractivity contribution < 1.29 is 28.4 Å². The molecule has 2 aromatic rings. The summed E-state index contributed by atoms with van der Waals surface area (Å²) in [7, 11) is 0. The fourth-order valence-electron chi connectivity index (χ4n) is 2.66. The van der Waals surface area contributed by atoms with Gasteiger partial charge < -0.3 is 28.4 Å². The fraction of sp³-hybridized carbons (Fsp3) is 0.250. The standard InChI is InChI=1S/C16H12O6/c1-2-18-10-6-14-13(5-9(10)17-1)21-15-7-11-12(8-16(15)22-14)20-4-3-19-11/h5-8H,1-4H2. The van der Waals surface area contributed by atoms with Crippen molar-refractivity contribution in [3.63, 3.8) is 0 Å². The van der Waals surface area contributed by atoms with Gasteiger partial charge in [0.1, 0.15) is 26.4 Å². The minimum Gasteiger partial charge on any atom is -0.486 e. The summed E-state index contributed by atoms with van der Waals surface area (Å²) < 4.78 is 34.1. The van der Waals surface area contributed by atoms with Gasteiger partial charge in [-0.15, -0.1) is 0 Å². The molecule has 112 valence electrons. The van der Waals surface area contributed by atoms with Crippen molar-refractivity contribution in [1.29, 1.82) is 0 Å². The molecule has 3 aliphatic heterocycles. The Bertz CT molecular complexity index is 642. The lowest BCUT2D eigenvalue weighted by Crippen LogP contribution is -2.16. The molecule has 0 N–H and O–H groups in total. The number of rotatable bonds is 0. The summed E-state index contributed by atoms with van der Waals surface area (Å²) in [5, 5.41) is 0. The van der Waals surface area contributed by atoms with E-state index in [-0.39, 0.29) is 0 Å². The summed E-state index contributed by atoms with van der Waals surface area (Å²) >= 11 is 0. The summed E-state index contributed by atoms with van der Waals surface area (Å²) in [6, 6.07) is 7.13. The van der Waals surface area contributed by atoms with Crippen LogP contribution >= 0.6 is 0 Å². The highest BCUT2D eigenvalue weighted by Gasteiger charge is 2.26. The third kappa shape index (κ3) is 1.73. The van der Waals surface area contributed by atoms with Crippen LogP contribution in [0.3, 0.4) is 0 Å². The van der Waals surface area contributed by atoms with Gasteiger partial charge in [-0.05, 0) is 0 Å². The summed E-state index contributed by atoms with van der Waals surface area (Å²) in [6.07, 6.45) is 0. The van der Waals surface area contributed by atoms with Gasteiger partial charge in [0, 0.05) is 24.3 Å². The minimum atomic E-state index is 0.530. The Kier molecular flexibility index (Phi) is 2.35. The van der Waals surface area contributed by atoms with Gasteiger partial charge in [0.2, 0.25) is 0 Å². The lowest BCUT2D eigenvalue weighted by Gasteiger charge is -2.26. The van der Waals surface area contributed by atoms with Gasteiger partial charge in [-0.1, -0.05) is 0 Å². The quantitative estimate of drug-likeness (QED) is 0.636. The lowest BCUT2D eigenvalue weighted by atomic mass is 10.2. The molecule has 0 saturated carbocycles. The molecule has 0 fully saturated rings. The van der Waals surface area contributed by atoms with E-state index in [9.17, 15) is 0 Å². The van der Waals surface area contributed by atoms with Gasteiger partial charge in [-0.3, -0.25) is 0 Å². The van der Waals surface area contributed by atoms with E-state index in [1.54, 1.807) is 24.3 Å². The Morgan fingerprint density at radius 2 is 0.682 bits per heavy atom. The van der Waals surface area contributed by atoms with Crippen LogP contribution < -0.4 is 28.4 Å². The van der Waals surface area contributed by atoms with E-state index < -0.39 is 0 Å². The van der Waals surface area contributed by atoms with Crippen LogP contribution in [-0.2, 0) is 0 Å². The SMILES string of the molecule is c1c2c(cc3c1Oc1cc4c(cc1O3)OCCO4)OCCO2. The van der Waals surface area contributed by atoms with E-state index in [1.807, 2.05) is 0 Å². The van der Waals surface area contributed by atoms with Crippen molar-refractivity contribution >= 4 is 0 Å². The van der Waals surface area contributed by atoms with Crippen LogP contribution in [0.1, 0.15) is 0 Å². The maximum atomic E-state index is 5.91. The first-order valence-electron chi connectivity index (χ1n) is 7.10. The molecular formula is C16H12O6. The van der Waals surface area contributed by atoms with E-state index in [1.165, 1.54) is 0 Å². The van der Waals surface area contributed by atoms with E-state index in [0.717, 1.165) is 0 Å². The highest BCUT2D eigenvalue weighted by atomic mass is 16.6. The second-order valence-corrected chi connectivity index (χ2v) is 5.09. The van der Waals surface area contributed by atoms with E-state index >= 15 is 0 Å². The number of fused-ring (bicyclic) bond motifs is 4. The van der Waals surface area contributed by atoms with Crippen LogP contribution in [0, 0.1) is 0 Å². The molecule has 0 spiro atoms. The molecule has 0 saturated heterocycles. The first kappa shape index (κ1) is 11.9. The van der Waals surface area contributed by atoms with Crippen molar-refractivity contribution in [2.45, 2.75) is 0 Å². The third-order valence-corrected chi connectivity index (χ3v) is 3.66. The molecule has 6 heteroatoms. The lowest BCUT2D eigenvalue weighted by molar-refractivity contribution is 0.167. The summed E-state index contributed by atoms with van der Waals surface area (Å²) in [6.45, 7) is 2.12. The first-order chi connectivity index (χ1) is 10.9. The summed E-state index contributed by atoms with van der Waals surface area (Å²) in [5.74, 6) is 5.01. The number of benzene rings is 2. The van der Waals surface area contributed by atoms with Gasteiger partial charge in [-0.25, -0.2) is 0 Å². The second kappa shape index (κ2) is 4.37. The Hall–Kier alpha value is -2.76. The Morgan fingerprint density at radius 1 is 0.409 bits per heavy atom.